The van der Waals surface area contributed by atoms with Gasteiger partial charge < -0.3 is 5.32 Å². The van der Waals surface area contributed by atoms with E-state index in [9.17, 15) is 0 Å². The molecule has 0 saturated carbocycles. The van der Waals surface area contributed by atoms with Crippen molar-refractivity contribution in [2.24, 2.45) is 0 Å². The first kappa shape index (κ1) is 16.5. The van der Waals surface area contributed by atoms with Gasteiger partial charge in [0.25, 0.3) is 0 Å². The second kappa shape index (κ2) is 6.93. The highest BCUT2D eigenvalue weighted by Gasteiger charge is 2.35. The Kier molecular flexibility index (Phi) is 5.45. The number of likely N-dealkylation sites (N-methyl/N-ethyl adjacent to an activating group) is 1. The van der Waals surface area contributed by atoms with Crippen molar-refractivity contribution in [3.8, 4) is 0 Å². The van der Waals surface area contributed by atoms with Gasteiger partial charge in [-0.2, -0.15) is 0 Å². The zero-order valence-corrected chi connectivity index (χ0v) is 14.5. The largest absolute Gasteiger partial charge is 0.315 e. The van der Waals surface area contributed by atoms with Crippen LogP contribution in [0.3, 0.4) is 0 Å². The van der Waals surface area contributed by atoms with Gasteiger partial charge in [-0.25, -0.2) is 0 Å². The van der Waals surface area contributed by atoms with Crippen LogP contribution in [0, 0.1) is 13.8 Å². The number of nitrogens with zero attached hydrogens (tertiary/aromatic N) is 1. The number of likely N-dealkylation sites (tertiary alicyclic amines) is 1. The second-order valence-corrected chi connectivity index (χ2v) is 7.12. The summed E-state index contributed by atoms with van der Waals surface area (Å²) in [5.41, 5.74) is 4.56. The molecule has 1 saturated heterocycles. The maximum atomic E-state index is 3.60. The molecule has 0 bridgehead atoms. The van der Waals surface area contributed by atoms with Gasteiger partial charge >= 0.3 is 0 Å². The van der Waals surface area contributed by atoms with Crippen LogP contribution >= 0.6 is 0 Å². The average molecular weight is 288 g/mol. The SMILES string of the molecule is CNC(Cc1c(C)cccc1C)C(C)(C)N1CCCCC1. The Morgan fingerprint density at radius 1 is 1.10 bits per heavy atom. The standard InChI is InChI=1S/C19H32N2/c1-15-10-9-11-16(2)17(15)14-18(20-5)19(3,4)21-12-7-6-8-13-21/h9-11,18,20H,6-8,12-14H2,1-5H3. The Morgan fingerprint density at radius 2 is 1.67 bits per heavy atom. The van der Waals surface area contributed by atoms with E-state index in [0.717, 1.165) is 6.42 Å². The van der Waals surface area contributed by atoms with Gasteiger partial charge in [0.15, 0.2) is 0 Å². The Labute approximate surface area is 130 Å². The highest BCUT2D eigenvalue weighted by Crippen LogP contribution is 2.27. The van der Waals surface area contributed by atoms with E-state index in [2.05, 4.69) is 63.2 Å². The topological polar surface area (TPSA) is 15.3 Å². The van der Waals surface area contributed by atoms with Crippen molar-refractivity contribution in [3.05, 3.63) is 34.9 Å². The van der Waals surface area contributed by atoms with Crippen molar-refractivity contribution in [2.75, 3.05) is 20.1 Å². The zero-order valence-electron chi connectivity index (χ0n) is 14.5. The van der Waals surface area contributed by atoms with E-state index in [1.807, 2.05) is 0 Å². The molecule has 2 heteroatoms. The molecule has 21 heavy (non-hydrogen) atoms. The summed E-state index contributed by atoms with van der Waals surface area (Å²) in [6.07, 6.45) is 5.21. The summed E-state index contributed by atoms with van der Waals surface area (Å²) in [5.74, 6) is 0. The maximum absolute atomic E-state index is 3.60. The zero-order chi connectivity index (χ0) is 15.5. The molecule has 0 aliphatic carbocycles. The summed E-state index contributed by atoms with van der Waals surface area (Å²) in [5, 5.41) is 3.60. The van der Waals surface area contributed by atoms with Gasteiger partial charge in [0.1, 0.15) is 0 Å². The molecule has 2 nitrogen and oxygen atoms in total. The molecule has 0 amide bonds. The molecular weight excluding hydrogens is 256 g/mol. The number of benzene rings is 1. The summed E-state index contributed by atoms with van der Waals surface area (Å²) < 4.78 is 0. The number of hydrogen-bond donors (Lipinski definition) is 1. The molecule has 1 N–H and O–H groups in total. The third-order valence-electron chi connectivity index (χ3n) is 5.43. The van der Waals surface area contributed by atoms with Crippen LogP contribution in [0.15, 0.2) is 18.2 Å². The van der Waals surface area contributed by atoms with E-state index in [-0.39, 0.29) is 5.54 Å². The molecule has 1 atom stereocenters. The van der Waals surface area contributed by atoms with Crippen molar-refractivity contribution in [1.29, 1.82) is 0 Å². The van der Waals surface area contributed by atoms with Gasteiger partial charge in [-0.1, -0.05) is 24.6 Å². The third kappa shape index (κ3) is 3.67. The monoisotopic (exact) mass is 288 g/mol. The molecule has 0 radical (unpaired) electrons. The summed E-state index contributed by atoms with van der Waals surface area (Å²) in [7, 11) is 2.12. The molecule has 0 spiro atoms. The number of rotatable bonds is 5. The second-order valence-electron chi connectivity index (χ2n) is 7.12. The summed E-state index contributed by atoms with van der Waals surface area (Å²) in [6.45, 7) is 11.8. The molecule has 1 heterocycles. The minimum Gasteiger partial charge on any atom is -0.315 e. The third-order valence-corrected chi connectivity index (χ3v) is 5.43. The average Bonchev–Trinajstić information content (AvgIpc) is 2.47. The van der Waals surface area contributed by atoms with Crippen molar-refractivity contribution in [1.82, 2.24) is 10.2 Å². The van der Waals surface area contributed by atoms with Crippen molar-refractivity contribution in [2.45, 2.75) is 65.0 Å². The lowest BCUT2D eigenvalue weighted by molar-refractivity contribution is 0.0635. The summed E-state index contributed by atoms with van der Waals surface area (Å²) in [6, 6.07) is 7.12. The minimum absolute atomic E-state index is 0.198. The Balaban J connectivity index is 2.18. The highest BCUT2D eigenvalue weighted by atomic mass is 15.2. The smallest absolute Gasteiger partial charge is 0.0309 e. The van der Waals surface area contributed by atoms with Gasteiger partial charge in [-0.15, -0.1) is 0 Å². The Bertz CT molecular complexity index is 438. The molecule has 1 unspecified atom stereocenters. The fourth-order valence-corrected chi connectivity index (χ4v) is 3.77. The molecule has 1 aromatic carbocycles. The van der Waals surface area contributed by atoms with E-state index in [1.165, 1.54) is 49.0 Å². The summed E-state index contributed by atoms with van der Waals surface area (Å²) in [4.78, 5) is 2.69. The van der Waals surface area contributed by atoms with Crippen LogP contribution in [-0.4, -0.2) is 36.6 Å². The molecule has 1 aliphatic heterocycles. The fourth-order valence-electron chi connectivity index (χ4n) is 3.77. The van der Waals surface area contributed by atoms with Gasteiger partial charge in [-0.3, -0.25) is 4.90 Å². The van der Waals surface area contributed by atoms with Crippen LogP contribution in [0.2, 0.25) is 0 Å². The molecule has 2 rings (SSSR count). The maximum Gasteiger partial charge on any atom is 0.0309 e. The fraction of sp³-hybridized carbons (Fsp3) is 0.684. The van der Waals surface area contributed by atoms with E-state index < -0.39 is 0 Å². The van der Waals surface area contributed by atoms with Crippen LogP contribution in [0.1, 0.15) is 49.8 Å². The van der Waals surface area contributed by atoms with Gasteiger partial charge in [0.05, 0.1) is 0 Å². The molecule has 1 aliphatic rings. The number of nitrogens with one attached hydrogen (secondary N) is 1. The Hall–Kier alpha value is -0.860. The van der Waals surface area contributed by atoms with E-state index in [0.29, 0.717) is 6.04 Å². The first-order valence-corrected chi connectivity index (χ1v) is 8.44. The molecule has 1 fully saturated rings. The lowest BCUT2D eigenvalue weighted by Crippen LogP contribution is -2.59. The number of hydrogen-bond acceptors (Lipinski definition) is 2. The molecule has 0 aromatic heterocycles. The predicted octanol–water partition coefficient (Wildman–Crippen LogP) is 3.70. The number of aryl methyl sites for hydroxylation is 2. The van der Waals surface area contributed by atoms with Crippen LogP contribution in [-0.2, 0) is 6.42 Å². The van der Waals surface area contributed by atoms with Crippen LogP contribution < -0.4 is 5.32 Å². The normalized spacial score (nSPS) is 18.7. The number of piperidine rings is 1. The van der Waals surface area contributed by atoms with Crippen molar-refractivity contribution >= 4 is 0 Å². The molecule has 118 valence electrons. The first-order chi connectivity index (χ1) is 9.96. The summed E-state index contributed by atoms with van der Waals surface area (Å²) >= 11 is 0. The van der Waals surface area contributed by atoms with Crippen molar-refractivity contribution < 1.29 is 0 Å². The van der Waals surface area contributed by atoms with Crippen LogP contribution in [0.25, 0.3) is 0 Å². The van der Waals surface area contributed by atoms with Gasteiger partial charge in [-0.05, 0) is 83.8 Å². The highest BCUT2D eigenvalue weighted by molar-refractivity contribution is 5.34. The Morgan fingerprint density at radius 3 is 2.19 bits per heavy atom. The van der Waals surface area contributed by atoms with E-state index >= 15 is 0 Å². The first-order valence-electron chi connectivity index (χ1n) is 8.44. The lowest BCUT2D eigenvalue weighted by atomic mass is 9.84. The predicted molar refractivity (Wildman–Crippen MR) is 92.0 cm³/mol. The van der Waals surface area contributed by atoms with Crippen molar-refractivity contribution in [3.63, 3.8) is 0 Å². The minimum atomic E-state index is 0.198. The van der Waals surface area contributed by atoms with Crippen LogP contribution in [0.5, 0.6) is 0 Å². The molecular formula is C19H32N2. The van der Waals surface area contributed by atoms with Gasteiger partial charge in [0, 0.05) is 11.6 Å². The van der Waals surface area contributed by atoms with Gasteiger partial charge in [0.2, 0.25) is 0 Å². The lowest BCUT2D eigenvalue weighted by Gasteiger charge is -2.46. The van der Waals surface area contributed by atoms with E-state index in [1.54, 1.807) is 0 Å². The quantitative estimate of drug-likeness (QED) is 0.889. The van der Waals surface area contributed by atoms with E-state index in [4.69, 9.17) is 0 Å². The molecule has 1 aromatic rings. The van der Waals surface area contributed by atoms with Crippen LogP contribution in [0.4, 0.5) is 0 Å².